The highest BCUT2D eigenvalue weighted by Crippen LogP contribution is 2.28. The number of benzene rings is 1. The summed E-state index contributed by atoms with van der Waals surface area (Å²) in [6.45, 7) is 1.31. The predicted octanol–water partition coefficient (Wildman–Crippen LogP) is 2.25. The lowest BCUT2D eigenvalue weighted by molar-refractivity contribution is 0.206. The first-order valence-electron chi connectivity index (χ1n) is 4.51. The Morgan fingerprint density at radius 1 is 1.53 bits per heavy atom. The SMILES string of the molecule is COCCN(C)c1cc(Br)c(F)cc1N. The van der Waals surface area contributed by atoms with Gasteiger partial charge in [0, 0.05) is 26.8 Å². The molecule has 0 aliphatic rings. The van der Waals surface area contributed by atoms with Gasteiger partial charge in [-0.1, -0.05) is 0 Å². The number of nitrogens with zero attached hydrogens (tertiary/aromatic N) is 1. The number of hydrogen-bond acceptors (Lipinski definition) is 3. The number of rotatable bonds is 4. The molecule has 0 spiro atoms. The molecule has 0 bridgehead atoms. The summed E-state index contributed by atoms with van der Waals surface area (Å²) in [5.74, 6) is -0.351. The van der Waals surface area contributed by atoms with E-state index in [2.05, 4.69) is 15.9 Å². The van der Waals surface area contributed by atoms with Crippen molar-refractivity contribution in [3.63, 3.8) is 0 Å². The molecule has 0 saturated carbocycles. The van der Waals surface area contributed by atoms with Gasteiger partial charge in [-0.15, -0.1) is 0 Å². The molecule has 5 heteroatoms. The van der Waals surface area contributed by atoms with Gasteiger partial charge in [-0.2, -0.15) is 0 Å². The maximum Gasteiger partial charge on any atom is 0.139 e. The molecule has 3 nitrogen and oxygen atoms in total. The Labute approximate surface area is 97.1 Å². The van der Waals surface area contributed by atoms with Gasteiger partial charge in [0.1, 0.15) is 5.82 Å². The van der Waals surface area contributed by atoms with Crippen LogP contribution in [0, 0.1) is 5.82 Å². The molecule has 0 aromatic heterocycles. The van der Waals surface area contributed by atoms with Crippen LogP contribution in [0.2, 0.25) is 0 Å². The van der Waals surface area contributed by atoms with Crippen molar-refractivity contribution >= 4 is 27.3 Å². The van der Waals surface area contributed by atoms with Crippen LogP contribution < -0.4 is 10.6 Å². The second-order valence-corrected chi connectivity index (χ2v) is 4.09. The van der Waals surface area contributed by atoms with Crippen molar-refractivity contribution in [3.8, 4) is 0 Å². The molecule has 0 saturated heterocycles. The molecule has 0 heterocycles. The number of ether oxygens (including phenoxy) is 1. The highest BCUT2D eigenvalue weighted by molar-refractivity contribution is 9.10. The van der Waals surface area contributed by atoms with Gasteiger partial charge < -0.3 is 15.4 Å². The summed E-state index contributed by atoms with van der Waals surface area (Å²) in [5, 5.41) is 0. The van der Waals surface area contributed by atoms with Crippen molar-refractivity contribution in [1.82, 2.24) is 0 Å². The van der Waals surface area contributed by atoms with Crippen molar-refractivity contribution in [2.45, 2.75) is 0 Å². The van der Waals surface area contributed by atoms with E-state index in [9.17, 15) is 4.39 Å². The number of anilines is 2. The van der Waals surface area contributed by atoms with E-state index in [1.807, 2.05) is 11.9 Å². The summed E-state index contributed by atoms with van der Waals surface area (Å²) in [6.07, 6.45) is 0. The minimum absolute atomic E-state index is 0.351. The van der Waals surface area contributed by atoms with Crippen LogP contribution in [0.4, 0.5) is 15.8 Å². The molecule has 1 rings (SSSR count). The molecule has 2 N–H and O–H groups in total. The van der Waals surface area contributed by atoms with Crippen molar-refractivity contribution < 1.29 is 9.13 Å². The van der Waals surface area contributed by atoms with E-state index in [1.165, 1.54) is 6.07 Å². The molecule has 15 heavy (non-hydrogen) atoms. The van der Waals surface area contributed by atoms with Crippen molar-refractivity contribution in [2.75, 3.05) is 37.9 Å². The lowest BCUT2D eigenvalue weighted by Crippen LogP contribution is -2.23. The average molecular weight is 277 g/mol. The monoisotopic (exact) mass is 276 g/mol. The van der Waals surface area contributed by atoms with Crippen LogP contribution in [0.15, 0.2) is 16.6 Å². The lowest BCUT2D eigenvalue weighted by Gasteiger charge is -2.21. The van der Waals surface area contributed by atoms with Gasteiger partial charge in [0.25, 0.3) is 0 Å². The van der Waals surface area contributed by atoms with Crippen LogP contribution in [0.3, 0.4) is 0 Å². The third-order valence-electron chi connectivity index (χ3n) is 2.11. The maximum atomic E-state index is 13.1. The molecule has 0 aliphatic carbocycles. The molecule has 0 fully saturated rings. The van der Waals surface area contributed by atoms with E-state index in [1.54, 1.807) is 13.2 Å². The molecule has 0 aliphatic heterocycles. The standard InChI is InChI=1S/C10H14BrFN2O/c1-14(3-4-15-2)10-5-7(11)8(12)6-9(10)13/h5-6H,3-4,13H2,1-2H3. The van der Waals surface area contributed by atoms with Crippen molar-refractivity contribution in [1.29, 1.82) is 0 Å². The Hall–Kier alpha value is -0.810. The highest BCUT2D eigenvalue weighted by Gasteiger charge is 2.09. The van der Waals surface area contributed by atoms with Gasteiger partial charge in [-0.3, -0.25) is 0 Å². The minimum Gasteiger partial charge on any atom is -0.397 e. The Bertz CT molecular complexity index is 346. The van der Waals surface area contributed by atoms with Gasteiger partial charge >= 0.3 is 0 Å². The maximum absolute atomic E-state index is 13.1. The molecule has 84 valence electrons. The van der Waals surface area contributed by atoms with Crippen LogP contribution in [0.5, 0.6) is 0 Å². The van der Waals surface area contributed by atoms with Crippen molar-refractivity contribution in [3.05, 3.63) is 22.4 Å². The van der Waals surface area contributed by atoms with E-state index >= 15 is 0 Å². The first-order chi connectivity index (χ1) is 7.06. The first-order valence-corrected chi connectivity index (χ1v) is 5.30. The van der Waals surface area contributed by atoms with Gasteiger partial charge in [-0.05, 0) is 22.0 Å². The molecule has 0 atom stereocenters. The zero-order valence-electron chi connectivity index (χ0n) is 8.76. The average Bonchev–Trinajstić information content (AvgIpc) is 2.20. The van der Waals surface area contributed by atoms with E-state index in [0.717, 1.165) is 5.69 Å². The zero-order valence-corrected chi connectivity index (χ0v) is 10.3. The topological polar surface area (TPSA) is 38.5 Å². The van der Waals surface area contributed by atoms with Gasteiger partial charge in [0.15, 0.2) is 0 Å². The summed E-state index contributed by atoms with van der Waals surface area (Å²) in [6, 6.07) is 2.98. The quantitative estimate of drug-likeness (QED) is 0.858. The zero-order chi connectivity index (χ0) is 11.4. The highest BCUT2D eigenvalue weighted by atomic mass is 79.9. The molecule has 1 aromatic rings. The first kappa shape index (κ1) is 12.3. The normalized spacial score (nSPS) is 10.4. The third-order valence-corrected chi connectivity index (χ3v) is 2.72. The number of halogens is 2. The molecular formula is C10H14BrFN2O. The summed E-state index contributed by atoms with van der Waals surface area (Å²) < 4.78 is 18.5. The number of likely N-dealkylation sites (N-methyl/N-ethyl adjacent to an activating group) is 1. The summed E-state index contributed by atoms with van der Waals surface area (Å²) in [4.78, 5) is 1.92. The number of nitrogens with two attached hydrogens (primary N) is 1. The number of nitrogen functional groups attached to an aromatic ring is 1. The Morgan fingerprint density at radius 3 is 2.80 bits per heavy atom. The number of hydrogen-bond donors (Lipinski definition) is 1. The summed E-state index contributed by atoms with van der Waals surface area (Å²) in [7, 11) is 3.52. The van der Waals surface area contributed by atoms with E-state index < -0.39 is 0 Å². The van der Waals surface area contributed by atoms with E-state index in [4.69, 9.17) is 10.5 Å². The Balaban J connectivity index is 2.88. The summed E-state index contributed by atoms with van der Waals surface area (Å²) >= 11 is 3.13. The fourth-order valence-corrected chi connectivity index (χ4v) is 1.56. The molecule has 0 unspecified atom stereocenters. The lowest BCUT2D eigenvalue weighted by atomic mass is 10.2. The second kappa shape index (κ2) is 5.32. The fourth-order valence-electron chi connectivity index (χ4n) is 1.23. The molecule has 0 radical (unpaired) electrons. The Morgan fingerprint density at radius 2 is 2.20 bits per heavy atom. The molecular weight excluding hydrogens is 263 g/mol. The summed E-state index contributed by atoms with van der Waals surface area (Å²) in [5.41, 5.74) is 6.94. The van der Waals surface area contributed by atoms with Crippen LogP contribution >= 0.6 is 15.9 Å². The van der Waals surface area contributed by atoms with Crippen LogP contribution in [-0.4, -0.2) is 27.3 Å². The second-order valence-electron chi connectivity index (χ2n) is 3.24. The fraction of sp³-hybridized carbons (Fsp3) is 0.400. The van der Waals surface area contributed by atoms with Crippen LogP contribution in [0.25, 0.3) is 0 Å². The van der Waals surface area contributed by atoms with Crippen LogP contribution in [0.1, 0.15) is 0 Å². The van der Waals surface area contributed by atoms with Crippen molar-refractivity contribution in [2.24, 2.45) is 0 Å². The number of methoxy groups -OCH3 is 1. The largest absolute Gasteiger partial charge is 0.397 e. The predicted molar refractivity (Wildman–Crippen MR) is 63.7 cm³/mol. The van der Waals surface area contributed by atoms with E-state index in [-0.39, 0.29) is 5.82 Å². The third kappa shape index (κ3) is 3.07. The van der Waals surface area contributed by atoms with E-state index in [0.29, 0.717) is 23.3 Å². The van der Waals surface area contributed by atoms with Gasteiger partial charge in [-0.25, -0.2) is 4.39 Å². The van der Waals surface area contributed by atoms with Gasteiger partial charge in [0.05, 0.1) is 22.5 Å². The molecule has 1 aromatic carbocycles. The Kier molecular flexibility index (Phi) is 4.35. The smallest absolute Gasteiger partial charge is 0.139 e. The van der Waals surface area contributed by atoms with Gasteiger partial charge in [0.2, 0.25) is 0 Å². The minimum atomic E-state index is -0.351. The molecule has 0 amide bonds. The van der Waals surface area contributed by atoms with Crippen LogP contribution in [-0.2, 0) is 4.74 Å².